The third-order valence-corrected chi connectivity index (χ3v) is 5.40. The second-order valence-electron chi connectivity index (χ2n) is 7.36. The van der Waals surface area contributed by atoms with Crippen molar-refractivity contribution >= 4 is 23.1 Å². The molecule has 9 heteroatoms. The monoisotopic (exact) mass is 445 g/mol. The van der Waals surface area contributed by atoms with Crippen LogP contribution in [0, 0.1) is 10.1 Å². The Bertz CT molecular complexity index is 1250. The summed E-state index contributed by atoms with van der Waals surface area (Å²) in [6, 6.07) is 14.4. The van der Waals surface area contributed by atoms with Crippen molar-refractivity contribution in [2.24, 2.45) is 0 Å². The molecule has 1 aliphatic rings. The number of methoxy groups -OCH3 is 1. The van der Waals surface area contributed by atoms with Gasteiger partial charge in [0.2, 0.25) is 0 Å². The molecule has 1 aromatic heterocycles. The van der Waals surface area contributed by atoms with Crippen LogP contribution in [0.3, 0.4) is 0 Å². The lowest BCUT2D eigenvalue weighted by molar-refractivity contribution is -0.384. The fraction of sp³-hybridized carbons (Fsp3) is 0.125. The number of aliphatic hydroxyl groups excluding tert-OH is 1. The molecule has 2 aromatic carbocycles. The van der Waals surface area contributed by atoms with Gasteiger partial charge in [-0.1, -0.05) is 12.1 Å². The quantitative estimate of drug-likeness (QED) is 0.202. The lowest BCUT2D eigenvalue weighted by Gasteiger charge is -2.25. The van der Waals surface area contributed by atoms with Crippen molar-refractivity contribution in [1.29, 1.82) is 0 Å². The highest BCUT2D eigenvalue weighted by Gasteiger charge is 2.46. The first kappa shape index (κ1) is 21.7. The van der Waals surface area contributed by atoms with Gasteiger partial charge in [-0.2, -0.15) is 0 Å². The number of nitrogens with zero attached hydrogens (tertiary/aromatic N) is 3. The Kier molecular flexibility index (Phi) is 5.86. The summed E-state index contributed by atoms with van der Waals surface area (Å²) in [6.07, 6.45) is 3.12. The van der Waals surface area contributed by atoms with Crippen LogP contribution in [0.4, 0.5) is 5.69 Å². The molecule has 0 bridgehead atoms. The van der Waals surface area contributed by atoms with E-state index in [1.54, 1.807) is 54.9 Å². The summed E-state index contributed by atoms with van der Waals surface area (Å²) in [7, 11) is 1.50. The molecule has 4 rings (SSSR count). The molecule has 1 saturated heterocycles. The summed E-state index contributed by atoms with van der Waals surface area (Å²) in [4.78, 5) is 42.1. The number of non-ortho nitro benzene ring substituents is 1. The molecule has 9 nitrogen and oxygen atoms in total. The average molecular weight is 445 g/mol. The molecule has 2 heterocycles. The second-order valence-corrected chi connectivity index (χ2v) is 7.36. The molecule has 1 unspecified atom stereocenters. The number of rotatable bonds is 6. The van der Waals surface area contributed by atoms with Gasteiger partial charge >= 0.3 is 0 Å². The van der Waals surface area contributed by atoms with Crippen LogP contribution in [0.15, 0.2) is 78.6 Å². The van der Waals surface area contributed by atoms with E-state index >= 15 is 0 Å². The van der Waals surface area contributed by atoms with Crippen molar-refractivity contribution in [1.82, 2.24) is 9.88 Å². The molecular formula is C24H19N3O6. The standard InChI is InChI=1S/C24H19N3O6/c1-33-19-7-5-16(6-8-19)22(28)20-21(17-3-2-4-18(13-17)27(31)32)26(24(30)23(20)29)14-15-9-11-25-12-10-15/h2-13,21,28H,14H2,1H3. The summed E-state index contributed by atoms with van der Waals surface area (Å²) in [5, 5.41) is 22.4. The molecular weight excluding hydrogens is 426 g/mol. The number of benzene rings is 2. The SMILES string of the molecule is COc1ccc(C(O)=C2C(=O)C(=O)N(Cc3ccncc3)C2c2cccc([N+](=O)[O-])c2)cc1. The van der Waals surface area contributed by atoms with E-state index in [0.29, 0.717) is 22.4 Å². The zero-order chi connectivity index (χ0) is 23.5. The molecule has 0 saturated carbocycles. The predicted octanol–water partition coefficient (Wildman–Crippen LogP) is 3.62. The number of Topliss-reactive ketones (excluding diaryl/α,β-unsaturated/α-hetero) is 1. The molecule has 0 aliphatic carbocycles. The van der Waals surface area contributed by atoms with Crippen LogP contribution in [0.5, 0.6) is 5.75 Å². The number of ether oxygens (including phenoxy) is 1. The average Bonchev–Trinajstić information content (AvgIpc) is 3.09. The van der Waals surface area contributed by atoms with Crippen molar-refractivity contribution in [3.05, 3.63) is 105 Å². The van der Waals surface area contributed by atoms with E-state index in [4.69, 9.17) is 4.74 Å². The summed E-state index contributed by atoms with van der Waals surface area (Å²) in [6.45, 7) is 0.0554. The normalized spacial score (nSPS) is 17.2. The zero-order valence-corrected chi connectivity index (χ0v) is 17.5. The highest BCUT2D eigenvalue weighted by atomic mass is 16.6. The topological polar surface area (TPSA) is 123 Å². The minimum absolute atomic E-state index is 0.0554. The number of aromatic nitrogens is 1. The number of nitro groups is 1. The number of hydrogen-bond acceptors (Lipinski definition) is 7. The van der Waals surface area contributed by atoms with Crippen molar-refractivity contribution < 1.29 is 24.4 Å². The lowest BCUT2D eigenvalue weighted by atomic mass is 9.95. The maximum Gasteiger partial charge on any atom is 0.295 e. The van der Waals surface area contributed by atoms with Gasteiger partial charge in [-0.25, -0.2) is 0 Å². The number of aliphatic hydroxyl groups is 1. The molecule has 1 amide bonds. The van der Waals surface area contributed by atoms with Crippen LogP contribution in [0.2, 0.25) is 0 Å². The summed E-state index contributed by atoms with van der Waals surface area (Å²) in [5.41, 5.74) is 1.04. The Hall–Kier alpha value is -4.53. The number of carbonyl (C=O) groups is 2. The fourth-order valence-electron chi connectivity index (χ4n) is 3.79. The molecule has 0 radical (unpaired) electrons. The van der Waals surface area contributed by atoms with E-state index in [9.17, 15) is 24.8 Å². The Balaban J connectivity index is 1.87. The van der Waals surface area contributed by atoms with Crippen molar-refractivity contribution in [2.75, 3.05) is 7.11 Å². The van der Waals surface area contributed by atoms with Gasteiger partial charge < -0.3 is 14.7 Å². The van der Waals surface area contributed by atoms with Crippen molar-refractivity contribution in [3.8, 4) is 5.75 Å². The highest BCUT2D eigenvalue weighted by Crippen LogP contribution is 2.41. The molecule has 1 aliphatic heterocycles. The predicted molar refractivity (Wildman–Crippen MR) is 118 cm³/mol. The fourth-order valence-corrected chi connectivity index (χ4v) is 3.79. The maximum atomic E-state index is 13.1. The van der Waals surface area contributed by atoms with Gasteiger partial charge in [0, 0.05) is 36.6 Å². The number of amides is 1. The summed E-state index contributed by atoms with van der Waals surface area (Å²) in [5.74, 6) is -1.49. The molecule has 166 valence electrons. The molecule has 3 aromatic rings. The van der Waals surface area contributed by atoms with E-state index in [0.717, 1.165) is 0 Å². The van der Waals surface area contributed by atoms with Crippen LogP contribution < -0.4 is 4.74 Å². The van der Waals surface area contributed by atoms with Gasteiger partial charge in [0.15, 0.2) is 0 Å². The van der Waals surface area contributed by atoms with Crippen molar-refractivity contribution in [2.45, 2.75) is 12.6 Å². The van der Waals surface area contributed by atoms with E-state index in [1.165, 1.54) is 30.2 Å². The van der Waals surface area contributed by atoms with Gasteiger partial charge in [-0.15, -0.1) is 0 Å². The molecule has 1 atom stereocenters. The minimum Gasteiger partial charge on any atom is -0.507 e. The molecule has 1 fully saturated rings. The number of likely N-dealkylation sites (tertiary alicyclic amines) is 1. The first-order valence-electron chi connectivity index (χ1n) is 9.97. The first-order chi connectivity index (χ1) is 15.9. The van der Waals surface area contributed by atoms with E-state index in [-0.39, 0.29) is 23.6 Å². The molecule has 1 N–H and O–H groups in total. The van der Waals surface area contributed by atoms with Gasteiger partial charge in [-0.3, -0.25) is 24.7 Å². The van der Waals surface area contributed by atoms with Gasteiger partial charge in [-0.05, 0) is 47.5 Å². The van der Waals surface area contributed by atoms with E-state index < -0.39 is 22.7 Å². The van der Waals surface area contributed by atoms with Crippen LogP contribution in [-0.4, -0.2) is 38.7 Å². The third-order valence-electron chi connectivity index (χ3n) is 5.40. The number of nitro benzene ring substituents is 1. The third kappa shape index (κ3) is 4.16. The van der Waals surface area contributed by atoms with Gasteiger partial charge in [0.25, 0.3) is 17.4 Å². The Labute approximate surface area is 188 Å². The Morgan fingerprint density at radius 3 is 2.45 bits per heavy atom. The Morgan fingerprint density at radius 2 is 1.82 bits per heavy atom. The lowest BCUT2D eigenvalue weighted by Crippen LogP contribution is -2.29. The molecule has 33 heavy (non-hydrogen) atoms. The van der Waals surface area contributed by atoms with Crippen LogP contribution in [0.1, 0.15) is 22.7 Å². The van der Waals surface area contributed by atoms with Crippen LogP contribution >= 0.6 is 0 Å². The Morgan fingerprint density at radius 1 is 1.12 bits per heavy atom. The number of pyridine rings is 1. The molecule has 0 spiro atoms. The number of ketones is 1. The second kappa shape index (κ2) is 8.91. The zero-order valence-electron chi connectivity index (χ0n) is 17.5. The van der Waals surface area contributed by atoms with E-state index in [2.05, 4.69) is 4.98 Å². The number of carbonyl (C=O) groups excluding carboxylic acids is 2. The van der Waals surface area contributed by atoms with E-state index in [1.807, 2.05) is 0 Å². The van der Waals surface area contributed by atoms with Crippen LogP contribution in [-0.2, 0) is 16.1 Å². The van der Waals surface area contributed by atoms with Crippen molar-refractivity contribution in [3.63, 3.8) is 0 Å². The minimum atomic E-state index is -1.01. The number of hydrogen-bond donors (Lipinski definition) is 1. The van der Waals surface area contributed by atoms with Gasteiger partial charge in [0.05, 0.1) is 23.6 Å². The summed E-state index contributed by atoms with van der Waals surface area (Å²) >= 11 is 0. The summed E-state index contributed by atoms with van der Waals surface area (Å²) < 4.78 is 5.13. The largest absolute Gasteiger partial charge is 0.507 e. The van der Waals surface area contributed by atoms with Crippen LogP contribution in [0.25, 0.3) is 5.76 Å². The van der Waals surface area contributed by atoms with Gasteiger partial charge in [0.1, 0.15) is 11.5 Å². The smallest absolute Gasteiger partial charge is 0.295 e. The first-order valence-corrected chi connectivity index (χ1v) is 9.97. The maximum absolute atomic E-state index is 13.1. The highest BCUT2D eigenvalue weighted by molar-refractivity contribution is 6.46.